The number of ketones is 1. The molecule has 0 spiro atoms. The number of aliphatic hydroxyl groups is 2. The number of piperazine rings is 1. The van der Waals surface area contributed by atoms with Crippen LogP contribution in [-0.2, 0) is 17.6 Å². The number of nitrogens with zero attached hydrogens (tertiary/aromatic N) is 2. The molecule has 2 bridgehead atoms. The summed E-state index contributed by atoms with van der Waals surface area (Å²) in [5.41, 5.74) is 2.12. The Bertz CT molecular complexity index is 1400. The molecule has 2 fully saturated rings. The van der Waals surface area contributed by atoms with Gasteiger partial charge in [-0.05, 0) is 87.1 Å². The summed E-state index contributed by atoms with van der Waals surface area (Å²) < 4.78 is 14.8. The summed E-state index contributed by atoms with van der Waals surface area (Å²) in [6, 6.07) is 10.3. The Morgan fingerprint density at radius 3 is 2.55 bits per heavy atom. The molecule has 6 nitrogen and oxygen atoms in total. The number of rotatable bonds is 5. The molecule has 2 N–H and O–H groups in total. The maximum atomic E-state index is 14.8. The van der Waals surface area contributed by atoms with Gasteiger partial charge in [0.15, 0.2) is 5.78 Å². The topological polar surface area (TPSA) is 81.1 Å². The quantitative estimate of drug-likeness (QED) is 0.310. The highest BCUT2D eigenvalue weighted by atomic mass is 35.5. The van der Waals surface area contributed by atoms with Crippen molar-refractivity contribution in [3.8, 4) is 0 Å². The summed E-state index contributed by atoms with van der Waals surface area (Å²) in [4.78, 5) is 30.1. The van der Waals surface area contributed by atoms with Gasteiger partial charge in [-0.2, -0.15) is 0 Å². The number of β-amino-alcohol motifs (C(OH)–C–C–N with tert-alkyl or cyclic N) is 1. The van der Waals surface area contributed by atoms with Crippen LogP contribution in [0.5, 0.6) is 0 Å². The van der Waals surface area contributed by atoms with E-state index >= 15 is 0 Å². The fraction of sp³-hybridized carbons (Fsp3) is 0.556. The third kappa shape index (κ3) is 6.81. The molecule has 44 heavy (non-hydrogen) atoms. The van der Waals surface area contributed by atoms with Crippen molar-refractivity contribution in [3.63, 3.8) is 0 Å². The van der Waals surface area contributed by atoms with Crippen molar-refractivity contribution >= 4 is 23.3 Å². The predicted molar refractivity (Wildman–Crippen MR) is 172 cm³/mol. The first-order chi connectivity index (χ1) is 20.9. The van der Waals surface area contributed by atoms with Crippen LogP contribution < -0.4 is 0 Å². The second-order valence-corrected chi connectivity index (χ2v) is 13.9. The molecule has 0 aromatic heterocycles. The Morgan fingerprint density at radius 2 is 1.84 bits per heavy atom. The number of amides is 1. The van der Waals surface area contributed by atoms with E-state index in [0.29, 0.717) is 64.0 Å². The fourth-order valence-corrected chi connectivity index (χ4v) is 8.02. The first kappa shape index (κ1) is 32.8. The van der Waals surface area contributed by atoms with Gasteiger partial charge >= 0.3 is 0 Å². The van der Waals surface area contributed by atoms with Gasteiger partial charge in [-0.3, -0.25) is 14.5 Å². The number of carbonyl (C=O) groups excluding carboxylic acids is 2. The molecule has 238 valence electrons. The fourth-order valence-electron chi connectivity index (χ4n) is 7.79. The third-order valence-electron chi connectivity index (χ3n) is 10.7. The van der Waals surface area contributed by atoms with E-state index in [2.05, 4.69) is 24.8 Å². The maximum absolute atomic E-state index is 14.8. The van der Waals surface area contributed by atoms with Crippen LogP contribution in [0, 0.1) is 11.2 Å². The second kappa shape index (κ2) is 13.4. The number of fused-ring (bicyclic) bond motifs is 8. The maximum Gasteiger partial charge on any atom is 0.219 e. The molecular weight excluding hydrogens is 579 g/mol. The average Bonchev–Trinajstić information content (AvgIpc) is 3.23. The number of allylic oxidation sites excluding steroid dienone is 2. The number of Topliss-reactive ketones (excluding diaryl/α,β-unsaturated/α-hetero) is 1. The summed E-state index contributed by atoms with van der Waals surface area (Å²) in [5, 5.41) is 23.6. The van der Waals surface area contributed by atoms with E-state index in [9.17, 15) is 24.2 Å². The highest BCUT2D eigenvalue weighted by Gasteiger charge is 2.57. The van der Waals surface area contributed by atoms with Gasteiger partial charge in [0.1, 0.15) is 5.82 Å². The van der Waals surface area contributed by atoms with Crippen molar-refractivity contribution in [2.45, 2.75) is 89.8 Å². The standard InChI is InChI=1S/C36H46ClFN2O4/c1-24-6-5-14-35(3)31(13-15-36(35,44)23-39-16-18-40(19-17-39)25(2)41)28-12-10-26(20-27(42)11-9-24)21-29(28)34(43)22-30-32(37)7-4-8-33(30)38/h4,6-8,10,12,21,27,31,42,44H,5,9,11,13-20,22-23H2,1-3H3. The van der Waals surface area contributed by atoms with E-state index in [4.69, 9.17) is 11.6 Å². The van der Waals surface area contributed by atoms with E-state index in [0.717, 1.165) is 30.4 Å². The average molecular weight is 625 g/mol. The zero-order valence-corrected chi connectivity index (χ0v) is 27.0. The van der Waals surface area contributed by atoms with Gasteiger partial charge in [-0.15, -0.1) is 0 Å². The van der Waals surface area contributed by atoms with Crippen LogP contribution in [0.3, 0.4) is 0 Å². The van der Waals surface area contributed by atoms with E-state index in [1.807, 2.05) is 23.1 Å². The molecule has 1 heterocycles. The normalized spacial score (nSPS) is 28.3. The van der Waals surface area contributed by atoms with Gasteiger partial charge in [0, 0.05) is 67.6 Å². The van der Waals surface area contributed by atoms with E-state index < -0.39 is 22.9 Å². The number of halogens is 2. The summed E-state index contributed by atoms with van der Waals surface area (Å²) in [7, 11) is 0. The lowest BCUT2D eigenvalue weighted by atomic mass is 9.64. The Morgan fingerprint density at radius 1 is 1.09 bits per heavy atom. The van der Waals surface area contributed by atoms with Crippen LogP contribution in [0.1, 0.15) is 92.3 Å². The number of hydrogen-bond donors (Lipinski definition) is 2. The van der Waals surface area contributed by atoms with Crippen molar-refractivity contribution in [1.82, 2.24) is 9.80 Å². The molecule has 6 rings (SSSR count). The molecule has 2 aromatic carbocycles. The van der Waals surface area contributed by atoms with Crippen molar-refractivity contribution in [3.05, 3.63) is 81.1 Å². The summed E-state index contributed by atoms with van der Waals surface area (Å²) in [6.07, 6.45) is 6.17. The first-order valence-corrected chi connectivity index (χ1v) is 16.4. The first-order valence-electron chi connectivity index (χ1n) is 16.0. The molecule has 8 heteroatoms. The van der Waals surface area contributed by atoms with Gasteiger partial charge in [0.25, 0.3) is 0 Å². The highest BCUT2D eigenvalue weighted by Crippen LogP contribution is 2.58. The predicted octanol–water partition coefficient (Wildman–Crippen LogP) is 6.11. The van der Waals surface area contributed by atoms with Crippen LogP contribution in [-0.4, -0.2) is 76.1 Å². The lowest BCUT2D eigenvalue weighted by Gasteiger charge is -2.47. The van der Waals surface area contributed by atoms with Gasteiger partial charge in [0.2, 0.25) is 5.91 Å². The van der Waals surface area contributed by atoms with Crippen LogP contribution in [0.25, 0.3) is 0 Å². The molecular formula is C36H46ClFN2O4. The Hall–Kier alpha value is -2.58. The molecule has 4 unspecified atom stereocenters. The lowest BCUT2D eigenvalue weighted by Crippen LogP contribution is -2.57. The monoisotopic (exact) mass is 624 g/mol. The Kier molecular flexibility index (Phi) is 10.0. The largest absolute Gasteiger partial charge is 0.393 e. The third-order valence-corrected chi connectivity index (χ3v) is 11.0. The molecule has 4 aliphatic rings. The van der Waals surface area contributed by atoms with Crippen molar-refractivity contribution in [2.24, 2.45) is 5.41 Å². The van der Waals surface area contributed by atoms with E-state index in [1.54, 1.807) is 13.0 Å². The van der Waals surface area contributed by atoms with Gasteiger partial charge in [-0.1, -0.05) is 48.4 Å². The molecule has 1 saturated carbocycles. The number of hydrogen-bond acceptors (Lipinski definition) is 5. The highest BCUT2D eigenvalue weighted by molar-refractivity contribution is 6.31. The molecule has 4 atom stereocenters. The van der Waals surface area contributed by atoms with Crippen LogP contribution in [0.15, 0.2) is 48.0 Å². The lowest BCUT2D eigenvalue weighted by molar-refractivity contribution is -0.132. The van der Waals surface area contributed by atoms with Crippen LogP contribution >= 0.6 is 11.6 Å². The minimum Gasteiger partial charge on any atom is -0.393 e. The minimum atomic E-state index is -1.00. The summed E-state index contributed by atoms with van der Waals surface area (Å²) in [5.74, 6) is -0.747. The smallest absolute Gasteiger partial charge is 0.219 e. The summed E-state index contributed by atoms with van der Waals surface area (Å²) in [6.45, 7) is 9.11. The van der Waals surface area contributed by atoms with Crippen LogP contribution in [0.2, 0.25) is 5.02 Å². The van der Waals surface area contributed by atoms with Crippen molar-refractivity contribution < 1.29 is 24.2 Å². The number of carbonyl (C=O) groups is 2. The van der Waals surface area contributed by atoms with Gasteiger partial charge in [0.05, 0.1) is 11.7 Å². The molecule has 1 amide bonds. The Labute approximate surface area is 265 Å². The molecule has 1 aliphatic heterocycles. The van der Waals surface area contributed by atoms with Crippen LogP contribution in [0.4, 0.5) is 4.39 Å². The SMILES string of the molecule is CC(=O)N1CCN(CC2(O)CCC3c4ccc(cc4C(=O)Cc4c(F)cccc4Cl)CC(O)CCC(C)=CCCC32C)CC1. The van der Waals surface area contributed by atoms with Crippen molar-refractivity contribution in [1.29, 1.82) is 0 Å². The van der Waals surface area contributed by atoms with E-state index in [1.165, 1.54) is 17.7 Å². The molecule has 2 aromatic rings. The van der Waals surface area contributed by atoms with Gasteiger partial charge in [-0.25, -0.2) is 4.39 Å². The van der Waals surface area contributed by atoms with E-state index in [-0.39, 0.29) is 34.6 Å². The minimum absolute atomic E-state index is 0.0780. The molecule has 0 radical (unpaired) electrons. The van der Waals surface area contributed by atoms with Gasteiger partial charge < -0.3 is 15.1 Å². The molecule has 3 aliphatic carbocycles. The second-order valence-electron chi connectivity index (χ2n) is 13.5. The number of benzene rings is 2. The number of aliphatic hydroxyl groups excluding tert-OH is 1. The summed E-state index contributed by atoms with van der Waals surface area (Å²) >= 11 is 6.33. The Balaban J connectivity index is 1.53. The van der Waals surface area contributed by atoms with Crippen molar-refractivity contribution in [2.75, 3.05) is 32.7 Å². The zero-order chi connectivity index (χ0) is 31.6. The zero-order valence-electron chi connectivity index (χ0n) is 26.2. The molecule has 1 saturated heterocycles.